The molecule has 0 aromatic heterocycles. The Hall–Kier alpha value is -0.733. The van der Waals surface area contributed by atoms with Crippen LogP contribution in [0.5, 0.6) is 0 Å². The Balaban J connectivity index is 5.11. The van der Waals surface area contributed by atoms with Crippen molar-refractivity contribution in [3.8, 4) is 0 Å². The summed E-state index contributed by atoms with van der Waals surface area (Å²) in [6.45, 7) is 5.78. The minimum absolute atomic E-state index is 0.129. The molecule has 1 atom stereocenters. The van der Waals surface area contributed by atoms with E-state index >= 15 is 0 Å². The summed E-state index contributed by atoms with van der Waals surface area (Å²) in [5, 5.41) is 8.98. The third-order valence-corrected chi connectivity index (χ3v) is 5.12. The van der Waals surface area contributed by atoms with Crippen molar-refractivity contribution in [2.75, 3.05) is 27.9 Å². The molecule has 0 rings (SSSR count). The maximum absolute atomic E-state index is 11.0. The molecule has 1 unspecified atom stereocenters. The second-order valence-corrected chi connectivity index (χ2v) is 6.25. The van der Waals surface area contributed by atoms with Gasteiger partial charge in [0.1, 0.15) is 0 Å². The average Bonchev–Trinajstić information content (AvgIpc) is 2.34. The second-order valence-electron chi connectivity index (χ2n) is 3.30. The highest BCUT2D eigenvalue weighted by Crippen LogP contribution is 2.21. The zero-order valence-corrected chi connectivity index (χ0v) is 11.7. The van der Waals surface area contributed by atoms with E-state index < -0.39 is 20.5 Å². The van der Waals surface area contributed by atoms with Crippen LogP contribution in [0, 0.1) is 0 Å². The Morgan fingerprint density at radius 1 is 1.29 bits per heavy atom. The summed E-state index contributed by atoms with van der Waals surface area (Å²) in [6, 6.07) is 0. The third-order valence-electron chi connectivity index (χ3n) is 2.25. The van der Waals surface area contributed by atoms with Crippen molar-refractivity contribution in [3.63, 3.8) is 0 Å². The van der Waals surface area contributed by atoms with E-state index in [1.807, 2.05) is 6.92 Å². The second kappa shape index (κ2) is 7.57. The van der Waals surface area contributed by atoms with Gasteiger partial charge in [-0.15, -0.1) is 0 Å². The van der Waals surface area contributed by atoms with Crippen LogP contribution in [-0.4, -0.2) is 53.5 Å². The topological polar surface area (TPSA) is 74.2 Å². The highest BCUT2D eigenvalue weighted by atomic mass is 28.4. The number of hydrogen-bond donors (Lipinski definition) is 1. The third kappa shape index (κ3) is 3.89. The first-order valence-corrected chi connectivity index (χ1v) is 6.98. The Morgan fingerprint density at radius 2 is 1.76 bits per heavy atom. The van der Waals surface area contributed by atoms with Crippen LogP contribution in [-0.2, 0) is 22.8 Å². The summed E-state index contributed by atoms with van der Waals surface area (Å²) in [4.78, 5) is 11.0. The zero-order valence-electron chi connectivity index (χ0n) is 10.7. The number of aliphatic carboxylic acids is 1. The molecule has 6 nitrogen and oxygen atoms in total. The molecule has 0 saturated heterocycles. The lowest BCUT2D eigenvalue weighted by molar-refractivity contribution is -0.134. The van der Waals surface area contributed by atoms with Gasteiger partial charge in [-0.25, -0.2) is 4.79 Å². The molecule has 0 aromatic rings. The van der Waals surface area contributed by atoms with Gasteiger partial charge in [-0.2, -0.15) is 0 Å². The number of carboxylic acids is 1. The lowest BCUT2D eigenvalue weighted by Gasteiger charge is -2.32. The van der Waals surface area contributed by atoms with E-state index in [9.17, 15) is 4.79 Å². The molecule has 100 valence electrons. The van der Waals surface area contributed by atoms with Gasteiger partial charge in [0.05, 0.1) is 5.57 Å². The molecule has 7 heteroatoms. The van der Waals surface area contributed by atoms with Crippen LogP contribution in [0.1, 0.15) is 13.3 Å². The normalized spacial score (nSPS) is 13.4. The number of rotatable bonds is 9. The number of carboxylic acid groups (broad SMARTS) is 1. The predicted molar refractivity (Wildman–Crippen MR) is 63.6 cm³/mol. The van der Waals surface area contributed by atoms with E-state index in [1.54, 1.807) is 0 Å². The summed E-state index contributed by atoms with van der Waals surface area (Å²) < 4.78 is 21.1. The molecule has 0 bridgehead atoms. The van der Waals surface area contributed by atoms with Crippen LogP contribution in [0.3, 0.4) is 0 Å². The highest BCUT2D eigenvalue weighted by molar-refractivity contribution is 6.63. The van der Waals surface area contributed by atoms with Crippen molar-refractivity contribution in [3.05, 3.63) is 12.2 Å². The summed E-state index contributed by atoms with van der Waals surface area (Å²) in [5.74, 6) is -1.16. The van der Waals surface area contributed by atoms with Gasteiger partial charge in [-0.05, 0) is 6.42 Å². The van der Waals surface area contributed by atoms with Crippen molar-refractivity contribution in [2.45, 2.75) is 19.1 Å². The van der Waals surface area contributed by atoms with Crippen LogP contribution >= 0.6 is 0 Å². The lowest BCUT2D eigenvalue weighted by Crippen LogP contribution is -2.57. The van der Waals surface area contributed by atoms with Crippen LogP contribution in [0.25, 0.3) is 0 Å². The van der Waals surface area contributed by atoms with Gasteiger partial charge < -0.3 is 23.1 Å². The van der Waals surface area contributed by atoms with E-state index in [0.717, 1.165) is 6.42 Å². The molecule has 0 aliphatic rings. The lowest BCUT2D eigenvalue weighted by atomic mass is 10.3. The minimum atomic E-state index is -3.21. The first kappa shape index (κ1) is 16.3. The molecule has 0 aromatic carbocycles. The van der Waals surface area contributed by atoms with E-state index in [1.165, 1.54) is 21.3 Å². The Labute approximate surface area is 102 Å². The smallest absolute Gasteiger partial charge is 0.478 e. The Morgan fingerprint density at radius 3 is 2.06 bits per heavy atom. The number of hydrogen-bond acceptors (Lipinski definition) is 5. The average molecular weight is 264 g/mol. The van der Waals surface area contributed by atoms with Crippen molar-refractivity contribution >= 4 is 14.8 Å². The molecule has 0 saturated carbocycles. The van der Waals surface area contributed by atoms with Crippen molar-refractivity contribution < 1.29 is 27.9 Å². The number of carbonyl (C=O) groups is 1. The van der Waals surface area contributed by atoms with Gasteiger partial charge in [-0.3, -0.25) is 0 Å². The molecule has 1 N–H and O–H groups in total. The largest absolute Gasteiger partial charge is 0.535 e. The molecular formula is C10H20O6Si. The molecule has 0 radical (unpaired) electrons. The maximum atomic E-state index is 11.0. The first-order valence-electron chi connectivity index (χ1n) is 5.18. The van der Waals surface area contributed by atoms with E-state index in [-0.39, 0.29) is 5.57 Å². The summed E-state index contributed by atoms with van der Waals surface area (Å²) in [5.41, 5.74) is -1.03. The van der Waals surface area contributed by atoms with Gasteiger partial charge in [-0.1, -0.05) is 13.5 Å². The quantitative estimate of drug-likeness (QED) is 0.491. The highest BCUT2D eigenvalue weighted by Gasteiger charge is 2.51. The van der Waals surface area contributed by atoms with Crippen LogP contribution in [0.15, 0.2) is 12.2 Å². The standard InChI is InChI=1S/C10H20O6Si/c1-6-7-16-10(8(2)9(11)12)17(13-3,14-4)15-5/h10H,2,6-7H2,1,3-5H3,(H,11,12). The summed E-state index contributed by atoms with van der Waals surface area (Å²) >= 11 is 0. The molecule has 0 fully saturated rings. The molecular weight excluding hydrogens is 244 g/mol. The molecule has 0 aliphatic carbocycles. The molecule has 17 heavy (non-hydrogen) atoms. The van der Waals surface area contributed by atoms with Gasteiger partial charge >= 0.3 is 14.8 Å². The van der Waals surface area contributed by atoms with Crippen LogP contribution in [0.4, 0.5) is 0 Å². The molecule has 0 amide bonds. The van der Waals surface area contributed by atoms with Crippen molar-refractivity contribution in [2.24, 2.45) is 0 Å². The predicted octanol–water partition coefficient (Wildman–Crippen LogP) is 0.840. The van der Waals surface area contributed by atoms with E-state index in [2.05, 4.69) is 6.58 Å². The van der Waals surface area contributed by atoms with E-state index in [0.29, 0.717) is 6.61 Å². The van der Waals surface area contributed by atoms with E-state index in [4.69, 9.17) is 23.1 Å². The fourth-order valence-electron chi connectivity index (χ4n) is 1.34. The molecule has 0 spiro atoms. The first-order chi connectivity index (χ1) is 7.98. The molecule has 0 aliphatic heterocycles. The maximum Gasteiger partial charge on any atom is 0.535 e. The van der Waals surface area contributed by atoms with Crippen LogP contribution < -0.4 is 0 Å². The van der Waals surface area contributed by atoms with Crippen molar-refractivity contribution in [1.29, 1.82) is 0 Å². The molecule has 0 heterocycles. The van der Waals surface area contributed by atoms with Gasteiger partial charge in [0.15, 0.2) is 5.73 Å². The Kier molecular flexibility index (Phi) is 7.24. The monoisotopic (exact) mass is 264 g/mol. The Bertz CT molecular complexity index is 255. The SMILES string of the molecule is C=C(C(=O)O)C(OCCC)[Si](OC)(OC)OC. The zero-order chi connectivity index (χ0) is 13.5. The summed E-state index contributed by atoms with van der Waals surface area (Å²) in [7, 11) is 0.986. The minimum Gasteiger partial charge on any atom is -0.478 e. The summed E-state index contributed by atoms with van der Waals surface area (Å²) in [6.07, 6.45) is 0.741. The fraction of sp³-hybridized carbons (Fsp3) is 0.700. The van der Waals surface area contributed by atoms with Gasteiger partial charge in [0.2, 0.25) is 0 Å². The number of ether oxygens (including phenoxy) is 1. The van der Waals surface area contributed by atoms with Gasteiger partial charge in [0, 0.05) is 27.9 Å². The fourth-order valence-corrected chi connectivity index (χ4v) is 3.35. The van der Waals surface area contributed by atoms with Crippen molar-refractivity contribution in [1.82, 2.24) is 0 Å². The van der Waals surface area contributed by atoms with Crippen LogP contribution in [0.2, 0.25) is 0 Å². The van der Waals surface area contributed by atoms with Gasteiger partial charge in [0.25, 0.3) is 0 Å².